The maximum atomic E-state index is 12.8. The van der Waals surface area contributed by atoms with E-state index < -0.39 is 30.2 Å². The molecular weight excluding hydrogens is 229 g/mol. The van der Waals surface area contributed by atoms with Crippen LogP contribution >= 0.6 is 0 Å². The Morgan fingerprint density at radius 3 is 1.13 bits per heavy atom. The third kappa shape index (κ3) is 2.54. The van der Waals surface area contributed by atoms with Crippen LogP contribution in [0.3, 0.4) is 0 Å². The molecule has 88 valence electrons. The summed E-state index contributed by atoms with van der Waals surface area (Å²) in [5.74, 6) is 0. The monoisotopic (exact) mass is 235 g/mol. The predicted molar refractivity (Wildman–Crippen MR) is 40.5 cm³/mol. The zero-order valence-electron chi connectivity index (χ0n) is 7.66. The highest BCUT2D eigenvalue weighted by Gasteiger charge is 2.41. The van der Waals surface area contributed by atoms with Crippen molar-refractivity contribution in [2.75, 3.05) is 14.2 Å². The molecule has 0 aromatic rings. The van der Waals surface area contributed by atoms with Crippen LogP contribution in [-0.4, -0.2) is 20.8 Å². The Morgan fingerprint density at radius 2 is 1.00 bits per heavy atom. The molecule has 0 bridgehead atoms. The molecule has 2 nitrogen and oxygen atoms in total. The first-order valence-corrected chi connectivity index (χ1v) is 3.50. The van der Waals surface area contributed by atoms with Crippen molar-refractivity contribution in [3.8, 4) is 0 Å². The fourth-order valence-corrected chi connectivity index (χ4v) is 0.909. The highest BCUT2D eigenvalue weighted by Crippen LogP contribution is 2.33. The molecule has 0 fully saturated rings. The summed E-state index contributed by atoms with van der Waals surface area (Å²) in [6.07, 6.45) is -5.98. The second-order valence-corrected chi connectivity index (χ2v) is 2.40. The minimum absolute atomic E-state index is 0.564. The summed E-state index contributed by atoms with van der Waals surface area (Å²) in [6, 6.07) is 0. The highest BCUT2D eigenvalue weighted by atomic mass is 19.3. The molecule has 0 aliphatic heterocycles. The Morgan fingerprint density at radius 1 is 0.733 bits per heavy atom. The van der Waals surface area contributed by atoms with Gasteiger partial charge >= 0.3 is 6.55 Å². The first-order valence-electron chi connectivity index (χ1n) is 3.50. The van der Waals surface area contributed by atoms with E-state index in [0.29, 0.717) is 14.2 Å². The van der Waals surface area contributed by atoms with Crippen LogP contribution in [0.2, 0.25) is 0 Å². The van der Waals surface area contributed by atoms with Crippen LogP contribution in [0.5, 0.6) is 0 Å². The normalized spacial score (nSPS) is 11.2. The zero-order valence-corrected chi connectivity index (χ0v) is 7.66. The molecule has 0 aliphatic rings. The van der Waals surface area contributed by atoms with Crippen molar-refractivity contribution in [2.45, 2.75) is 0 Å². The van der Waals surface area contributed by atoms with Crippen molar-refractivity contribution in [1.29, 1.82) is 0 Å². The van der Waals surface area contributed by atoms with Crippen LogP contribution in [-0.2, 0) is 9.31 Å². The van der Waals surface area contributed by atoms with Crippen molar-refractivity contribution in [1.82, 2.24) is 0 Å². The molecule has 0 aromatic heterocycles. The quantitative estimate of drug-likeness (QED) is 0.550. The molecule has 15 heavy (non-hydrogen) atoms. The van der Waals surface area contributed by atoms with Gasteiger partial charge in [-0.2, -0.15) is 17.6 Å². The number of halogens is 6. The predicted octanol–water partition coefficient (Wildman–Crippen LogP) is 2.96. The maximum absolute atomic E-state index is 12.8. The van der Waals surface area contributed by atoms with Crippen LogP contribution in [0.1, 0.15) is 0 Å². The molecule has 0 atom stereocenters. The van der Waals surface area contributed by atoms with E-state index in [1.165, 1.54) is 0 Å². The van der Waals surface area contributed by atoms with Crippen LogP contribution in [0.15, 0.2) is 23.6 Å². The second-order valence-electron chi connectivity index (χ2n) is 2.40. The van der Waals surface area contributed by atoms with Gasteiger partial charge in [0, 0.05) is 0 Å². The van der Waals surface area contributed by atoms with Gasteiger partial charge in [0.25, 0.3) is 12.2 Å². The minimum Gasteiger partial charge on any atom is -0.560 e. The molecule has 0 spiro atoms. The van der Waals surface area contributed by atoms with Gasteiger partial charge < -0.3 is 9.31 Å². The SMILES string of the molecule is CO[B-](OC)(C(F)=C(F)F)C(F)=C(F)F. The van der Waals surface area contributed by atoms with Crippen LogP contribution < -0.4 is 0 Å². The van der Waals surface area contributed by atoms with E-state index in [-0.39, 0.29) is 0 Å². The fourth-order valence-electron chi connectivity index (χ4n) is 0.909. The van der Waals surface area contributed by atoms with E-state index in [1.807, 2.05) is 0 Å². The average Bonchev–Trinajstić information content (AvgIpc) is 2.19. The summed E-state index contributed by atoms with van der Waals surface area (Å²) in [5, 5.41) is 0. The minimum atomic E-state index is -4.26. The molecule has 0 amide bonds. The third-order valence-electron chi connectivity index (χ3n) is 1.69. The Kier molecular flexibility index (Phi) is 4.89. The van der Waals surface area contributed by atoms with Gasteiger partial charge in [-0.3, -0.25) is 0 Å². The standard InChI is InChI=1S/C6H6BF6O2/c1-14-7(15-2,3(8)5(10)11)4(9)6(12)13/h1-2H3/q-1. The molecule has 0 saturated heterocycles. The molecular formula is C6H6BF6O2-. The zero-order chi connectivity index (χ0) is 12.2. The van der Waals surface area contributed by atoms with E-state index >= 15 is 0 Å². The smallest absolute Gasteiger partial charge is 0.367 e. The van der Waals surface area contributed by atoms with E-state index in [0.717, 1.165) is 0 Å². The third-order valence-corrected chi connectivity index (χ3v) is 1.69. The Bertz CT molecular complexity index is 264. The van der Waals surface area contributed by atoms with Crippen LogP contribution in [0.4, 0.5) is 26.3 Å². The van der Waals surface area contributed by atoms with Crippen molar-refractivity contribution in [3.63, 3.8) is 0 Å². The van der Waals surface area contributed by atoms with Gasteiger partial charge in [0.05, 0.1) is 11.5 Å². The van der Waals surface area contributed by atoms with Crippen LogP contribution in [0.25, 0.3) is 0 Å². The molecule has 0 rings (SSSR count). The Labute approximate surface area is 81.1 Å². The van der Waals surface area contributed by atoms with Crippen molar-refractivity contribution in [2.24, 2.45) is 0 Å². The molecule has 0 aromatic carbocycles. The summed E-state index contributed by atoms with van der Waals surface area (Å²) in [6.45, 7) is -4.26. The summed E-state index contributed by atoms with van der Waals surface area (Å²) in [4.78, 5) is 0. The second kappa shape index (κ2) is 5.22. The first-order chi connectivity index (χ1) is 6.83. The van der Waals surface area contributed by atoms with E-state index in [4.69, 9.17) is 0 Å². The molecule has 0 N–H and O–H groups in total. The summed E-state index contributed by atoms with van der Waals surface area (Å²) >= 11 is 0. The molecule has 0 aliphatic carbocycles. The first kappa shape index (κ1) is 14.0. The lowest BCUT2D eigenvalue weighted by atomic mass is 9.55. The molecule has 0 saturated carbocycles. The Balaban J connectivity index is 5.66. The van der Waals surface area contributed by atoms with Crippen molar-refractivity contribution >= 4 is 6.55 Å². The number of rotatable bonds is 4. The van der Waals surface area contributed by atoms with Gasteiger partial charge in [0.1, 0.15) is 0 Å². The highest BCUT2D eigenvalue weighted by molar-refractivity contribution is 6.80. The van der Waals surface area contributed by atoms with Gasteiger partial charge in [-0.05, 0) is 14.2 Å². The van der Waals surface area contributed by atoms with Gasteiger partial charge in [0.15, 0.2) is 0 Å². The summed E-state index contributed by atoms with van der Waals surface area (Å²) in [7, 11) is 1.13. The van der Waals surface area contributed by atoms with Crippen molar-refractivity contribution < 1.29 is 35.7 Å². The summed E-state index contributed by atoms with van der Waals surface area (Å²) in [5.41, 5.74) is -5.02. The van der Waals surface area contributed by atoms with Gasteiger partial charge in [-0.25, -0.2) is 8.78 Å². The lowest BCUT2D eigenvalue weighted by molar-refractivity contribution is 0.228. The summed E-state index contributed by atoms with van der Waals surface area (Å²) < 4.78 is 80.8. The molecule has 0 heterocycles. The molecule has 9 heteroatoms. The maximum Gasteiger partial charge on any atom is 0.367 e. The van der Waals surface area contributed by atoms with Crippen molar-refractivity contribution in [3.05, 3.63) is 23.6 Å². The lowest BCUT2D eigenvalue weighted by Crippen LogP contribution is -2.43. The van der Waals surface area contributed by atoms with Gasteiger partial charge in [0.2, 0.25) is 0 Å². The number of hydrogen-bond donors (Lipinski definition) is 0. The van der Waals surface area contributed by atoms with E-state index in [9.17, 15) is 26.3 Å². The molecule has 0 unspecified atom stereocenters. The van der Waals surface area contributed by atoms with Gasteiger partial charge in [-0.15, -0.1) is 0 Å². The van der Waals surface area contributed by atoms with Gasteiger partial charge in [-0.1, -0.05) is 0 Å². The van der Waals surface area contributed by atoms with E-state index in [1.54, 1.807) is 0 Å². The van der Waals surface area contributed by atoms with Crippen LogP contribution in [0, 0.1) is 0 Å². The number of hydrogen-bond acceptors (Lipinski definition) is 2. The molecule has 0 radical (unpaired) electrons. The topological polar surface area (TPSA) is 18.5 Å². The largest absolute Gasteiger partial charge is 0.560 e. The van der Waals surface area contributed by atoms with E-state index in [2.05, 4.69) is 9.31 Å². The average molecular weight is 235 g/mol. The lowest BCUT2D eigenvalue weighted by Gasteiger charge is -2.34. The Hall–Kier alpha value is -0.955. The fraction of sp³-hybridized carbons (Fsp3) is 0.333.